The Labute approximate surface area is 311 Å². The van der Waals surface area contributed by atoms with E-state index in [1.54, 1.807) is 6.07 Å². The number of aliphatic hydroxyl groups excluding tert-OH is 3. The summed E-state index contributed by atoms with van der Waals surface area (Å²) < 4.78 is 14.6. The first-order valence-electron chi connectivity index (χ1n) is 19.0. The number of Topliss-reactive ketones (excluding diaryl/α,β-unsaturated/α-hetero) is 1. The van der Waals surface area contributed by atoms with Crippen molar-refractivity contribution in [2.75, 3.05) is 0 Å². The number of benzene rings is 2. The van der Waals surface area contributed by atoms with Crippen LogP contribution in [0.1, 0.15) is 118 Å². The van der Waals surface area contributed by atoms with Crippen LogP contribution < -0.4 is 20.9 Å². The summed E-state index contributed by atoms with van der Waals surface area (Å²) in [7, 11) is 0. The molecule has 2 aliphatic heterocycles. The van der Waals surface area contributed by atoms with Crippen LogP contribution in [0.5, 0.6) is 11.5 Å². The fourth-order valence-corrected chi connectivity index (χ4v) is 7.46. The molecule has 0 aliphatic carbocycles. The van der Waals surface area contributed by atoms with Crippen LogP contribution in [-0.2, 0) is 17.6 Å². The number of hydrogen-bond donors (Lipinski definition) is 6. The van der Waals surface area contributed by atoms with Crippen molar-refractivity contribution in [1.82, 2.24) is 9.55 Å². The quantitative estimate of drug-likeness (QED) is 0.0518. The van der Waals surface area contributed by atoms with E-state index in [9.17, 15) is 20.1 Å². The standard InChI is InChI=1S/C43H52N4O6/c1-3-5-6-10-34(39(51)23-32(48)8-4-2)38(50)16-11-27-12-18-40-41(20-27)53-43-28(9-7-19-52-40)14-17-37(49)33-15-13-29(42(44)45)21-30(33)22-31-24-46-36-26-47(43)25-35(31)36/h12-13,15,18,20-21,24-26,28,32,34,37,39,42-43,46,48-49,51H,3-6,8-11,16,22-23,44-45H2,1-2H3/t28-,32+,34+,37+,39+,43-/m0/s1. The predicted octanol–water partition coefficient (Wildman–Crippen LogP) is 6.07. The van der Waals surface area contributed by atoms with Gasteiger partial charge in [0.05, 0.1) is 29.8 Å². The third-order valence-electron chi connectivity index (χ3n) is 10.5. The first-order valence-corrected chi connectivity index (χ1v) is 19.0. The first-order chi connectivity index (χ1) is 25.6. The van der Waals surface area contributed by atoms with Gasteiger partial charge < -0.3 is 45.8 Å². The molecule has 6 rings (SSSR count). The van der Waals surface area contributed by atoms with Crippen LogP contribution in [0.3, 0.4) is 0 Å². The van der Waals surface area contributed by atoms with Crippen molar-refractivity contribution >= 4 is 16.7 Å². The van der Waals surface area contributed by atoms with Crippen molar-refractivity contribution in [2.45, 2.75) is 115 Å². The Bertz CT molecular complexity index is 2010. The molecule has 4 heterocycles. The van der Waals surface area contributed by atoms with Gasteiger partial charge in [0.1, 0.15) is 18.0 Å². The molecule has 10 nitrogen and oxygen atoms in total. The molecule has 2 aliphatic rings. The lowest BCUT2D eigenvalue weighted by molar-refractivity contribution is -0.127. The second-order valence-electron chi connectivity index (χ2n) is 14.5. The Hall–Kier alpha value is -4.55. The fourth-order valence-electron chi connectivity index (χ4n) is 7.46. The molecule has 0 amide bonds. The van der Waals surface area contributed by atoms with Gasteiger partial charge in [0.2, 0.25) is 0 Å². The molecule has 0 unspecified atom stereocenters. The molecule has 0 spiro atoms. The highest BCUT2D eigenvalue weighted by molar-refractivity contribution is 5.83. The second kappa shape index (κ2) is 17.5. The van der Waals surface area contributed by atoms with Crippen molar-refractivity contribution in [1.29, 1.82) is 0 Å². The van der Waals surface area contributed by atoms with Crippen molar-refractivity contribution in [3.8, 4) is 35.4 Å². The first kappa shape index (κ1) is 38.2. The van der Waals surface area contributed by atoms with E-state index in [-0.39, 0.29) is 18.6 Å². The lowest BCUT2D eigenvalue weighted by atomic mass is 9.85. The molecule has 0 fully saturated rings. The van der Waals surface area contributed by atoms with Gasteiger partial charge in [0.25, 0.3) is 0 Å². The van der Waals surface area contributed by atoms with Crippen LogP contribution >= 0.6 is 0 Å². The average molecular weight is 721 g/mol. The van der Waals surface area contributed by atoms with Gasteiger partial charge in [0.15, 0.2) is 17.7 Å². The number of rotatable bonds is 14. The van der Waals surface area contributed by atoms with Gasteiger partial charge in [-0.15, -0.1) is 0 Å². The van der Waals surface area contributed by atoms with Crippen LogP contribution in [0.2, 0.25) is 0 Å². The number of aromatic nitrogens is 2. The van der Waals surface area contributed by atoms with Crippen molar-refractivity contribution in [2.24, 2.45) is 23.3 Å². The SMILES string of the molecule is CCCCC[C@H](C(=O)CCc1ccc2c(c1)O[C@H]1[C@H](C#C[C@@H](O)c3ccc(C(N)N)cc3Cc3c[nH]c4cn1cc34)CC#CO2)[C@H](O)C[C@H](O)CCC. The Morgan fingerprint density at radius 3 is 2.66 bits per heavy atom. The van der Waals surface area contributed by atoms with E-state index in [2.05, 4.69) is 35.8 Å². The van der Waals surface area contributed by atoms with Crippen molar-refractivity contribution in [3.05, 3.63) is 82.8 Å². The minimum atomic E-state index is -1.07. The molecule has 280 valence electrons. The van der Waals surface area contributed by atoms with E-state index in [4.69, 9.17) is 20.9 Å². The van der Waals surface area contributed by atoms with E-state index < -0.39 is 42.5 Å². The van der Waals surface area contributed by atoms with Gasteiger partial charge in [-0.2, -0.15) is 0 Å². The number of H-pyrrole nitrogens is 1. The molecule has 0 radical (unpaired) electrons. The van der Waals surface area contributed by atoms with Crippen LogP contribution in [0.25, 0.3) is 10.9 Å². The fraction of sp³-hybridized carbons (Fsp3) is 0.465. The number of ketones is 1. The van der Waals surface area contributed by atoms with Gasteiger partial charge in [-0.25, -0.2) is 0 Å². The number of nitrogens with zero attached hydrogens (tertiary/aromatic N) is 1. The number of nitrogens with two attached hydrogens (primary N) is 2. The maximum Gasteiger partial charge on any atom is 0.190 e. The summed E-state index contributed by atoms with van der Waals surface area (Å²) in [4.78, 5) is 17.0. The van der Waals surface area contributed by atoms with E-state index >= 15 is 0 Å². The van der Waals surface area contributed by atoms with Gasteiger partial charge >= 0.3 is 0 Å². The number of fused-ring (bicyclic) bond motifs is 5. The molecule has 2 aromatic heterocycles. The zero-order valence-corrected chi connectivity index (χ0v) is 30.7. The molecular formula is C43H52N4O6. The van der Waals surface area contributed by atoms with Gasteiger partial charge in [0, 0.05) is 49.2 Å². The second-order valence-corrected chi connectivity index (χ2v) is 14.5. The van der Waals surface area contributed by atoms with E-state index in [1.807, 2.05) is 60.4 Å². The Kier molecular flexibility index (Phi) is 12.6. The molecular weight excluding hydrogens is 668 g/mol. The third kappa shape index (κ3) is 9.16. The highest BCUT2D eigenvalue weighted by Crippen LogP contribution is 2.37. The minimum Gasteiger partial charge on any atom is -0.465 e. The van der Waals surface area contributed by atoms with E-state index in [1.165, 1.54) is 0 Å². The Morgan fingerprint density at radius 1 is 1.02 bits per heavy atom. The summed E-state index contributed by atoms with van der Waals surface area (Å²) in [5.41, 5.74) is 17.2. The maximum atomic E-state index is 13.6. The number of aromatic amines is 1. The summed E-state index contributed by atoms with van der Waals surface area (Å²) in [6, 6.07) is 11.2. The molecule has 4 aromatic rings. The lowest BCUT2D eigenvalue weighted by Gasteiger charge is -2.26. The Balaban J connectivity index is 1.28. The van der Waals surface area contributed by atoms with Crippen LogP contribution in [0.15, 0.2) is 55.0 Å². The highest BCUT2D eigenvalue weighted by Gasteiger charge is 2.30. The largest absolute Gasteiger partial charge is 0.465 e. The smallest absolute Gasteiger partial charge is 0.190 e. The molecule has 2 bridgehead atoms. The number of carbonyl (C=O) groups excluding carboxylic acids is 1. The number of carbonyl (C=O) groups is 1. The summed E-state index contributed by atoms with van der Waals surface area (Å²) in [6.45, 7) is 4.11. The molecule has 8 N–H and O–H groups in total. The zero-order chi connectivity index (χ0) is 37.5. The summed E-state index contributed by atoms with van der Waals surface area (Å²) in [6.07, 6.45) is 11.6. The third-order valence-corrected chi connectivity index (χ3v) is 10.5. The average Bonchev–Trinajstić information content (AvgIpc) is 3.74. The highest BCUT2D eigenvalue weighted by atomic mass is 16.5. The summed E-state index contributed by atoms with van der Waals surface area (Å²) >= 11 is 0. The minimum absolute atomic E-state index is 0.000947. The Morgan fingerprint density at radius 2 is 1.87 bits per heavy atom. The molecule has 0 saturated heterocycles. The predicted molar refractivity (Wildman–Crippen MR) is 205 cm³/mol. The number of hydrogen-bond acceptors (Lipinski definition) is 8. The molecule has 6 atom stereocenters. The van der Waals surface area contributed by atoms with Crippen molar-refractivity contribution < 1.29 is 29.6 Å². The van der Waals surface area contributed by atoms with Crippen LogP contribution in [0, 0.1) is 35.7 Å². The van der Waals surface area contributed by atoms with E-state index in [0.29, 0.717) is 49.2 Å². The van der Waals surface area contributed by atoms with Gasteiger partial charge in [-0.1, -0.05) is 81.6 Å². The number of nitrogens with one attached hydrogen (secondary N) is 1. The van der Waals surface area contributed by atoms with Gasteiger partial charge in [-0.3, -0.25) is 4.79 Å². The molecule has 53 heavy (non-hydrogen) atoms. The lowest BCUT2D eigenvalue weighted by Crippen LogP contribution is -2.32. The number of ether oxygens (including phenoxy) is 2. The topological polar surface area (TPSA) is 169 Å². The summed E-state index contributed by atoms with van der Waals surface area (Å²) in [5, 5.41) is 33.8. The van der Waals surface area contributed by atoms with Crippen LogP contribution in [-0.4, -0.2) is 42.9 Å². The van der Waals surface area contributed by atoms with Gasteiger partial charge in [-0.05, 0) is 65.6 Å². The molecule has 0 saturated carbocycles. The zero-order valence-electron chi connectivity index (χ0n) is 30.7. The summed E-state index contributed by atoms with van der Waals surface area (Å²) in [5.74, 6) is 9.41. The van der Waals surface area contributed by atoms with Crippen LogP contribution in [0.4, 0.5) is 0 Å². The monoisotopic (exact) mass is 720 g/mol. The normalized spacial score (nSPS) is 19.5. The number of aliphatic hydroxyl groups is 3. The van der Waals surface area contributed by atoms with E-state index in [0.717, 1.165) is 58.8 Å². The molecule has 10 heteroatoms. The number of aryl methyl sites for hydroxylation is 1. The number of unbranched alkanes of at least 4 members (excludes halogenated alkanes) is 2. The maximum absolute atomic E-state index is 13.6. The molecule has 2 aromatic carbocycles. The van der Waals surface area contributed by atoms with Crippen molar-refractivity contribution in [3.63, 3.8) is 0 Å².